The molecule has 0 aliphatic carbocycles. The molecule has 0 saturated carbocycles. The highest BCUT2D eigenvalue weighted by atomic mass is 16.7. The average Bonchev–Trinajstić information content (AvgIpc) is 3.53. The van der Waals surface area contributed by atoms with E-state index in [1.807, 2.05) is 61.0 Å². The summed E-state index contributed by atoms with van der Waals surface area (Å²) in [4.78, 5) is 20.2. The van der Waals surface area contributed by atoms with E-state index in [0.717, 1.165) is 45.4 Å². The first-order chi connectivity index (χ1) is 16.0. The number of nitrogens with zero attached hydrogens (tertiary/aromatic N) is 4. The summed E-state index contributed by atoms with van der Waals surface area (Å²) in [5.74, 6) is 1.40. The number of carbonyl (C=O) groups excluding carboxylic acids is 1. The van der Waals surface area contributed by atoms with Crippen molar-refractivity contribution in [2.24, 2.45) is 5.16 Å². The number of aromatic nitrogens is 2. The van der Waals surface area contributed by atoms with Gasteiger partial charge in [-0.3, -0.25) is 4.79 Å². The van der Waals surface area contributed by atoms with Gasteiger partial charge in [-0.05, 0) is 55.3 Å². The lowest BCUT2D eigenvalue weighted by Gasteiger charge is -2.20. The van der Waals surface area contributed by atoms with E-state index in [0.29, 0.717) is 19.4 Å². The number of hydrogen-bond acceptors (Lipinski definition) is 6. The molecule has 1 amide bonds. The molecule has 0 saturated heterocycles. The van der Waals surface area contributed by atoms with Gasteiger partial charge in [0.1, 0.15) is 0 Å². The summed E-state index contributed by atoms with van der Waals surface area (Å²) in [6.45, 7) is 4.73. The van der Waals surface area contributed by atoms with E-state index in [2.05, 4.69) is 16.3 Å². The Kier molecular flexibility index (Phi) is 5.50. The number of amides is 1. The van der Waals surface area contributed by atoms with Crippen LogP contribution in [0.2, 0.25) is 0 Å². The van der Waals surface area contributed by atoms with Crippen LogP contribution in [0, 0.1) is 13.8 Å². The van der Waals surface area contributed by atoms with Gasteiger partial charge in [-0.2, -0.15) is 5.10 Å². The minimum absolute atomic E-state index is 0.0871. The maximum atomic E-state index is 13.0. The van der Waals surface area contributed by atoms with Crippen LogP contribution < -0.4 is 9.47 Å². The van der Waals surface area contributed by atoms with Gasteiger partial charge in [0.15, 0.2) is 11.5 Å². The van der Waals surface area contributed by atoms with Crippen molar-refractivity contribution in [1.82, 2.24) is 14.7 Å². The van der Waals surface area contributed by atoms with E-state index in [4.69, 9.17) is 14.3 Å². The summed E-state index contributed by atoms with van der Waals surface area (Å²) in [6, 6.07) is 15.9. The van der Waals surface area contributed by atoms with E-state index in [1.54, 1.807) is 11.9 Å². The molecule has 1 atom stereocenters. The van der Waals surface area contributed by atoms with Gasteiger partial charge in [0.2, 0.25) is 12.9 Å². The molecule has 0 N–H and O–H groups in total. The van der Waals surface area contributed by atoms with E-state index in [-0.39, 0.29) is 12.7 Å². The van der Waals surface area contributed by atoms with E-state index in [1.165, 1.54) is 0 Å². The topological polar surface area (TPSA) is 78.2 Å². The number of benzene rings is 2. The summed E-state index contributed by atoms with van der Waals surface area (Å²) in [5.41, 5.74) is 5.93. The van der Waals surface area contributed by atoms with Gasteiger partial charge in [0.05, 0.1) is 17.1 Å². The maximum absolute atomic E-state index is 13.0. The molecule has 170 valence electrons. The summed E-state index contributed by atoms with van der Waals surface area (Å²) in [6.07, 6.45) is 0.483. The molecule has 33 heavy (non-hydrogen) atoms. The maximum Gasteiger partial charge on any atom is 0.266 e. The molecule has 8 heteroatoms. The molecular formula is C25H26N4O4. The zero-order chi connectivity index (χ0) is 22.9. The van der Waals surface area contributed by atoms with Crippen LogP contribution in [0.15, 0.2) is 53.7 Å². The van der Waals surface area contributed by atoms with Gasteiger partial charge in [0, 0.05) is 32.1 Å². The average molecular weight is 447 g/mol. The third-order valence-electron chi connectivity index (χ3n) is 5.81. The van der Waals surface area contributed by atoms with Gasteiger partial charge >= 0.3 is 0 Å². The second-order valence-corrected chi connectivity index (χ2v) is 8.52. The van der Waals surface area contributed by atoms with Crippen LogP contribution in [0.25, 0.3) is 5.69 Å². The Balaban J connectivity index is 1.19. The molecule has 3 heterocycles. The molecule has 5 rings (SSSR count). The Morgan fingerprint density at radius 3 is 2.76 bits per heavy atom. The molecule has 1 aromatic heterocycles. The summed E-state index contributed by atoms with van der Waals surface area (Å²) >= 11 is 0. The molecule has 8 nitrogen and oxygen atoms in total. The largest absolute Gasteiger partial charge is 0.454 e. The van der Waals surface area contributed by atoms with Gasteiger partial charge in [-0.25, -0.2) is 4.68 Å². The Labute approximate surface area is 192 Å². The molecule has 0 bridgehead atoms. The fourth-order valence-corrected chi connectivity index (χ4v) is 4.22. The Hall–Kier alpha value is -3.81. The van der Waals surface area contributed by atoms with Crippen molar-refractivity contribution in [1.29, 1.82) is 0 Å². The van der Waals surface area contributed by atoms with Gasteiger partial charge in [-0.15, -0.1) is 0 Å². The van der Waals surface area contributed by atoms with E-state index < -0.39 is 6.10 Å². The van der Waals surface area contributed by atoms with Crippen LogP contribution in [-0.4, -0.2) is 46.2 Å². The number of oxime groups is 1. The molecule has 2 aromatic carbocycles. The molecule has 3 aromatic rings. The highest BCUT2D eigenvalue weighted by molar-refractivity contribution is 5.94. The van der Waals surface area contributed by atoms with Crippen molar-refractivity contribution < 1.29 is 19.1 Å². The number of rotatable bonds is 6. The highest BCUT2D eigenvalue weighted by Crippen LogP contribution is 2.33. The third-order valence-corrected chi connectivity index (χ3v) is 5.81. The number of hydrogen-bond donors (Lipinski definition) is 0. The van der Waals surface area contributed by atoms with Crippen molar-refractivity contribution in [3.63, 3.8) is 0 Å². The predicted octanol–water partition coefficient (Wildman–Crippen LogP) is 3.56. The highest BCUT2D eigenvalue weighted by Gasteiger charge is 2.30. The first-order valence-corrected chi connectivity index (χ1v) is 10.9. The number of aryl methyl sites for hydroxylation is 2. The predicted molar refractivity (Wildman–Crippen MR) is 123 cm³/mol. The number of fused-ring (bicyclic) bond motifs is 1. The normalized spacial score (nSPS) is 16.5. The van der Waals surface area contributed by atoms with E-state index in [9.17, 15) is 4.79 Å². The SMILES string of the molecule is Cc1cc(C)n(-c2cccc(CN(C)C(=O)[C@@H]3CC(Cc4ccc5c(c4)OCO5)=NO3)c2)n1. The summed E-state index contributed by atoms with van der Waals surface area (Å²) in [7, 11) is 1.79. The van der Waals surface area contributed by atoms with Crippen molar-refractivity contribution >= 4 is 11.6 Å². The van der Waals surface area contributed by atoms with Crippen LogP contribution >= 0.6 is 0 Å². The van der Waals surface area contributed by atoms with Crippen molar-refractivity contribution in [2.75, 3.05) is 13.8 Å². The lowest BCUT2D eigenvalue weighted by Crippen LogP contribution is -2.36. The van der Waals surface area contributed by atoms with Crippen molar-refractivity contribution in [3.05, 3.63) is 71.0 Å². The van der Waals surface area contributed by atoms with E-state index >= 15 is 0 Å². The zero-order valence-corrected chi connectivity index (χ0v) is 18.9. The smallest absolute Gasteiger partial charge is 0.266 e. The lowest BCUT2D eigenvalue weighted by atomic mass is 10.0. The van der Waals surface area contributed by atoms with Crippen LogP contribution in [-0.2, 0) is 22.6 Å². The lowest BCUT2D eigenvalue weighted by molar-refractivity contribution is -0.141. The van der Waals surface area contributed by atoms with Gasteiger partial charge in [-0.1, -0.05) is 23.4 Å². The van der Waals surface area contributed by atoms with Gasteiger partial charge in [0.25, 0.3) is 5.91 Å². The molecular weight excluding hydrogens is 420 g/mol. The Bertz CT molecular complexity index is 1230. The molecule has 2 aliphatic heterocycles. The monoisotopic (exact) mass is 446 g/mol. The number of ether oxygens (including phenoxy) is 2. The summed E-state index contributed by atoms with van der Waals surface area (Å²) in [5, 5.41) is 8.71. The number of carbonyl (C=O) groups is 1. The summed E-state index contributed by atoms with van der Waals surface area (Å²) < 4.78 is 12.7. The first kappa shape index (κ1) is 21.1. The molecule has 0 spiro atoms. The fourth-order valence-electron chi connectivity index (χ4n) is 4.22. The second-order valence-electron chi connectivity index (χ2n) is 8.52. The van der Waals surface area contributed by atoms with Crippen LogP contribution in [0.5, 0.6) is 11.5 Å². The third kappa shape index (κ3) is 4.41. The van der Waals surface area contributed by atoms with Crippen LogP contribution in [0.1, 0.15) is 28.9 Å². The Morgan fingerprint density at radius 1 is 1.09 bits per heavy atom. The van der Waals surface area contributed by atoms with Crippen molar-refractivity contribution in [3.8, 4) is 17.2 Å². The van der Waals surface area contributed by atoms with Crippen LogP contribution in [0.3, 0.4) is 0 Å². The second kappa shape index (κ2) is 8.61. The Morgan fingerprint density at radius 2 is 1.94 bits per heavy atom. The fraction of sp³-hybridized carbons (Fsp3) is 0.320. The molecule has 0 unspecified atom stereocenters. The molecule has 0 fully saturated rings. The molecule has 0 radical (unpaired) electrons. The zero-order valence-electron chi connectivity index (χ0n) is 18.9. The number of likely N-dealkylation sites (N-methyl/N-ethyl adjacent to an activating group) is 1. The standard InChI is InChI=1S/C25H26N4O4/c1-16-9-17(2)29(26-16)21-6-4-5-19(11-21)14-28(3)25(30)24-13-20(27-33-24)10-18-7-8-22-23(12-18)32-15-31-22/h4-9,11-12,24H,10,13-15H2,1-3H3/t24-/m0/s1. The molecule has 2 aliphatic rings. The van der Waals surface area contributed by atoms with Gasteiger partial charge < -0.3 is 19.2 Å². The minimum Gasteiger partial charge on any atom is -0.454 e. The van der Waals surface area contributed by atoms with Crippen LogP contribution in [0.4, 0.5) is 0 Å². The minimum atomic E-state index is -0.599. The quantitative estimate of drug-likeness (QED) is 0.579. The van der Waals surface area contributed by atoms with Crippen molar-refractivity contribution in [2.45, 2.75) is 39.3 Å². The first-order valence-electron chi connectivity index (χ1n) is 10.9.